The first-order valence-electron chi connectivity index (χ1n) is 10.8. The topological polar surface area (TPSA) is 83.2 Å². The minimum Gasteiger partial charge on any atom is -0.394 e. The Morgan fingerprint density at radius 3 is 2.78 bits per heavy atom. The highest BCUT2D eigenvalue weighted by Gasteiger charge is 2.40. The molecule has 1 atom stereocenters. The van der Waals surface area contributed by atoms with Crippen molar-refractivity contribution in [3.8, 4) is 0 Å². The molecular weight excluding hydrogens is 443 g/mol. The van der Waals surface area contributed by atoms with Gasteiger partial charge in [-0.15, -0.1) is 21.5 Å². The van der Waals surface area contributed by atoms with Crippen molar-refractivity contribution in [3.63, 3.8) is 0 Å². The van der Waals surface area contributed by atoms with Crippen LogP contribution in [0, 0.1) is 0 Å². The molecule has 5 rings (SSSR count). The number of halogens is 3. The van der Waals surface area contributed by atoms with Crippen molar-refractivity contribution >= 4 is 33.3 Å². The average Bonchev–Trinajstić information content (AvgIpc) is 3.49. The van der Waals surface area contributed by atoms with E-state index in [0.717, 1.165) is 47.0 Å². The Balaban J connectivity index is 1.55. The van der Waals surface area contributed by atoms with Gasteiger partial charge in [0.15, 0.2) is 5.82 Å². The van der Waals surface area contributed by atoms with Crippen LogP contribution in [0.1, 0.15) is 42.7 Å². The van der Waals surface area contributed by atoms with Gasteiger partial charge in [-0.05, 0) is 25.3 Å². The molecule has 2 aliphatic heterocycles. The third kappa shape index (κ3) is 3.68. The molecule has 2 aliphatic rings. The normalized spacial score (nSPS) is 19.2. The molecule has 12 heteroatoms. The van der Waals surface area contributed by atoms with Gasteiger partial charge in [-0.25, -0.2) is 4.98 Å². The maximum Gasteiger partial charge on any atom is 0.451 e. The van der Waals surface area contributed by atoms with E-state index in [4.69, 9.17) is 9.97 Å². The lowest BCUT2D eigenvalue weighted by Gasteiger charge is -2.30. The van der Waals surface area contributed by atoms with Gasteiger partial charge < -0.3 is 19.5 Å². The van der Waals surface area contributed by atoms with Crippen molar-refractivity contribution in [2.45, 2.75) is 57.9 Å². The SMILES string of the molecule is CCCc1cc2c(N3CCn4c(nnc4C(F)(F)F)C3)nc(N3CCCC3CO)nc2s1. The van der Waals surface area contributed by atoms with Crippen molar-refractivity contribution in [2.24, 2.45) is 0 Å². The van der Waals surface area contributed by atoms with Crippen LogP contribution in [0.3, 0.4) is 0 Å². The first-order valence-corrected chi connectivity index (χ1v) is 11.6. The molecule has 0 aliphatic carbocycles. The van der Waals surface area contributed by atoms with E-state index in [1.807, 2.05) is 9.80 Å². The summed E-state index contributed by atoms with van der Waals surface area (Å²) in [6.07, 6.45) is -0.747. The summed E-state index contributed by atoms with van der Waals surface area (Å²) in [7, 11) is 0. The van der Waals surface area contributed by atoms with E-state index in [1.165, 1.54) is 4.88 Å². The van der Waals surface area contributed by atoms with Gasteiger partial charge in [0.2, 0.25) is 11.8 Å². The van der Waals surface area contributed by atoms with Crippen molar-refractivity contribution in [2.75, 3.05) is 29.5 Å². The van der Waals surface area contributed by atoms with Crippen molar-refractivity contribution in [3.05, 3.63) is 22.6 Å². The largest absolute Gasteiger partial charge is 0.451 e. The number of fused-ring (bicyclic) bond motifs is 2. The summed E-state index contributed by atoms with van der Waals surface area (Å²) in [4.78, 5) is 15.7. The summed E-state index contributed by atoms with van der Waals surface area (Å²) in [5.41, 5.74) is 0. The third-order valence-corrected chi connectivity index (χ3v) is 7.15. The van der Waals surface area contributed by atoms with Gasteiger partial charge in [-0.2, -0.15) is 18.2 Å². The van der Waals surface area contributed by atoms with E-state index in [0.29, 0.717) is 18.3 Å². The summed E-state index contributed by atoms with van der Waals surface area (Å²) in [6.45, 7) is 3.61. The number of aryl methyl sites for hydroxylation is 1. The van der Waals surface area contributed by atoms with Crippen LogP contribution in [0.15, 0.2) is 6.07 Å². The summed E-state index contributed by atoms with van der Waals surface area (Å²) in [5.74, 6) is 0.589. The average molecular weight is 468 g/mol. The summed E-state index contributed by atoms with van der Waals surface area (Å²) >= 11 is 1.63. The van der Waals surface area contributed by atoms with E-state index in [1.54, 1.807) is 11.3 Å². The lowest BCUT2D eigenvalue weighted by atomic mass is 10.2. The molecule has 1 saturated heterocycles. The van der Waals surface area contributed by atoms with Gasteiger partial charge in [0.1, 0.15) is 10.6 Å². The lowest BCUT2D eigenvalue weighted by Crippen LogP contribution is -2.37. The number of rotatable bonds is 5. The first kappa shape index (κ1) is 21.4. The predicted octanol–water partition coefficient (Wildman–Crippen LogP) is 3.24. The van der Waals surface area contributed by atoms with Crippen LogP contribution in [0.25, 0.3) is 10.2 Å². The van der Waals surface area contributed by atoms with Crippen molar-refractivity contribution < 1.29 is 18.3 Å². The standard InChI is InChI=1S/C20H24F3N7OS/c1-2-4-13-9-14-16(24-19(25-17(14)32-13)29-6-3-5-12(29)11-31)28-7-8-30-15(10-28)26-27-18(30)20(21,22)23/h9,12,31H,2-8,10-11H2,1H3. The minimum atomic E-state index is -4.53. The molecule has 1 fully saturated rings. The van der Waals surface area contributed by atoms with Crippen LogP contribution >= 0.6 is 11.3 Å². The number of hydrogen-bond donors (Lipinski definition) is 1. The third-order valence-electron chi connectivity index (χ3n) is 6.06. The maximum absolute atomic E-state index is 13.2. The molecule has 0 spiro atoms. The summed E-state index contributed by atoms with van der Waals surface area (Å²) < 4.78 is 40.8. The number of hydrogen-bond acceptors (Lipinski definition) is 8. The highest BCUT2D eigenvalue weighted by atomic mass is 32.1. The first-order chi connectivity index (χ1) is 15.4. The van der Waals surface area contributed by atoms with Crippen molar-refractivity contribution in [1.29, 1.82) is 0 Å². The zero-order valence-corrected chi connectivity index (χ0v) is 18.5. The number of thiophene rings is 1. The van der Waals surface area contributed by atoms with Crippen LogP contribution in [0.4, 0.5) is 24.9 Å². The van der Waals surface area contributed by atoms with Gasteiger partial charge in [0.05, 0.1) is 24.6 Å². The second kappa shape index (κ2) is 8.14. The number of aliphatic hydroxyl groups is 1. The molecule has 0 amide bonds. The molecule has 1 unspecified atom stereocenters. The fourth-order valence-electron chi connectivity index (χ4n) is 4.52. The van der Waals surface area contributed by atoms with Gasteiger partial charge in [-0.3, -0.25) is 0 Å². The van der Waals surface area contributed by atoms with Gasteiger partial charge in [0.25, 0.3) is 0 Å². The minimum absolute atomic E-state index is 0.0193. The molecule has 8 nitrogen and oxygen atoms in total. The van der Waals surface area contributed by atoms with Crippen LogP contribution in [-0.2, 0) is 25.7 Å². The Hall–Kier alpha value is -2.47. The number of anilines is 2. The fourth-order valence-corrected chi connectivity index (χ4v) is 5.64. The maximum atomic E-state index is 13.2. The number of nitrogens with zero attached hydrogens (tertiary/aromatic N) is 7. The molecule has 3 aromatic rings. The molecule has 5 heterocycles. The molecule has 0 radical (unpaired) electrons. The number of alkyl halides is 3. The monoisotopic (exact) mass is 467 g/mol. The Bertz CT molecular complexity index is 1130. The van der Waals surface area contributed by atoms with Crippen LogP contribution in [0.5, 0.6) is 0 Å². The van der Waals surface area contributed by atoms with Gasteiger partial charge in [0, 0.05) is 24.5 Å². The van der Waals surface area contributed by atoms with Crippen LogP contribution in [-0.4, -0.2) is 55.6 Å². The summed E-state index contributed by atoms with van der Waals surface area (Å²) in [5, 5.41) is 17.9. The summed E-state index contributed by atoms with van der Waals surface area (Å²) in [6, 6.07) is 2.07. The highest BCUT2D eigenvalue weighted by molar-refractivity contribution is 7.18. The number of aromatic nitrogens is 5. The Morgan fingerprint density at radius 2 is 2.03 bits per heavy atom. The zero-order valence-electron chi connectivity index (χ0n) is 17.6. The van der Waals surface area contributed by atoms with E-state index in [9.17, 15) is 18.3 Å². The van der Waals surface area contributed by atoms with Crippen molar-refractivity contribution in [1.82, 2.24) is 24.7 Å². The predicted molar refractivity (Wildman–Crippen MR) is 115 cm³/mol. The smallest absolute Gasteiger partial charge is 0.394 e. The Labute approximate surface area is 186 Å². The van der Waals surface area contributed by atoms with E-state index < -0.39 is 12.0 Å². The molecule has 1 N–H and O–H groups in total. The molecule has 0 bridgehead atoms. The fraction of sp³-hybridized carbons (Fsp3) is 0.600. The lowest BCUT2D eigenvalue weighted by molar-refractivity contribution is -0.147. The Morgan fingerprint density at radius 1 is 1.19 bits per heavy atom. The molecular formula is C20H24F3N7OS. The Kier molecular flexibility index (Phi) is 5.44. The van der Waals surface area contributed by atoms with E-state index in [2.05, 4.69) is 23.2 Å². The molecule has 3 aromatic heterocycles. The van der Waals surface area contributed by atoms with E-state index in [-0.39, 0.29) is 31.6 Å². The van der Waals surface area contributed by atoms with Gasteiger partial charge >= 0.3 is 6.18 Å². The van der Waals surface area contributed by atoms with Gasteiger partial charge in [-0.1, -0.05) is 13.3 Å². The number of aliphatic hydroxyl groups excluding tert-OH is 1. The molecule has 0 saturated carbocycles. The van der Waals surface area contributed by atoms with Crippen LogP contribution < -0.4 is 9.80 Å². The quantitative estimate of drug-likeness (QED) is 0.617. The highest BCUT2D eigenvalue weighted by Crippen LogP contribution is 2.37. The zero-order chi connectivity index (χ0) is 22.5. The second-order valence-corrected chi connectivity index (χ2v) is 9.33. The molecule has 32 heavy (non-hydrogen) atoms. The van der Waals surface area contributed by atoms with Crippen LogP contribution in [0.2, 0.25) is 0 Å². The molecule has 0 aromatic carbocycles. The molecule has 172 valence electrons. The second-order valence-electron chi connectivity index (χ2n) is 8.21. The van der Waals surface area contributed by atoms with E-state index >= 15 is 0 Å².